The number of nitriles is 1. The second-order valence-corrected chi connectivity index (χ2v) is 12.3. The summed E-state index contributed by atoms with van der Waals surface area (Å²) in [7, 11) is 0. The van der Waals surface area contributed by atoms with Crippen LogP contribution in [0, 0.1) is 31.1 Å². The maximum Gasteiger partial charge on any atom is 0.262 e. The number of nitrogens with one attached hydrogen (secondary N) is 1. The largest absolute Gasteiger partial charge is 0.338 e. The fraction of sp³-hybridized carbons (Fsp3) is 0.379. The third kappa shape index (κ3) is 5.74. The van der Waals surface area contributed by atoms with E-state index < -0.39 is 0 Å². The lowest BCUT2D eigenvalue weighted by Crippen LogP contribution is -2.22. The van der Waals surface area contributed by atoms with Crippen molar-refractivity contribution in [3.05, 3.63) is 75.0 Å². The van der Waals surface area contributed by atoms with Gasteiger partial charge in [0.1, 0.15) is 6.54 Å². The van der Waals surface area contributed by atoms with Crippen molar-refractivity contribution in [3.63, 3.8) is 0 Å². The number of nitrogens with zero attached hydrogens (tertiary/aromatic N) is 1. The minimum atomic E-state index is -0.181. The summed E-state index contributed by atoms with van der Waals surface area (Å²) >= 11 is 3.43. The van der Waals surface area contributed by atoms with E-state index in [-0.39, 0.29) is 23.1 Å². The van der Waals surface area contributed by atoms with Crippen LogP contribution < -0.4 is 5.32 Å². The average Bonchev–Trinajstić information content (AvgIpc) is 3.25. The van der Waals surface area contributed by atoms with Crippen molar-refractivity contribution in [1.29, 1.82) is 5.26 Å². The molecular weight excluding hydrogens is 456 g/mol. The van der Waals surface area contributed by atoms with Crippen molar-refractivity contribution in [2.45, 2.75) is 64.0 Å². The summed E-state index contributed by atoms with van der Waals surface area (Å²) in [6, 6.07) is 18.9. The maximum atomic E-state index is 12.4. The fourth-order valence-corrected chi connectivity index (χ4v) is 7.45. The van der Waals surface area contributed by atoms with E-state index in [2.05, 4.69) is 96.2 Å². The van der Waals surface area contributed by atoms with Crippen LogP contribution in [0.5, 0.6) is 0 Å². The number of benzene rings is 2. The summed E-state index contributed by atoms with van der Waals surface area (Å²) in [5.74, 6) is 0.209. The van der Waals surface area contributed by atoms with E-state index in [4.69, 9.17) is 5.26 Å². The molecule has 0 spiro atoms. The van der Waals surface area contributed by atoms with Crippen LogP contribution in [-0.2, 0) is 5.41 Å². The highest BCUT2D eigenvalue weighted by molar-refractivity contribution is 7.99. The Kier molecular flexibility index (Phi) is 8.28. The molecule has 0 saturated carbocycles. The molecule has 178 valence electrons. The highest BCUT2D eigenvalue weighted by atomic mass is 32.2. The van der Waals surface area contributed by atoms with Crippen LogP contribution in [0.4, 0.5) is 0 Å². The molecule has 0 aliphatic heterocycles. The Balaban J connectivity index is 2.05. The molecule has 3 aromatic rings. The van der Waals surface area contributed by atoms with Gasteiger partial charge >= 0.3 is 0 Å². The van der Waals surface area contributed by atoms with Crippen molar-refractivity contribution >= 4 is 29.0 Å². The second kappa shape index (κ2) is 10.8. The van der Waals surface area contributed by atoms with E-state index in [0.29, 0.717) is 10.8 Å². The summed E-state index contributed by atoms with van der Waals surface area (Å²) in [6.07, 6.45) is 0. The number of carbonyl (C=O) groups excluding carboxylic acids is 1. The molecule has 1 heterocycles. The lowest BCUT2D eigenvalue weighted by atomic mass is 9.80. The standard InChI is InChI=1S/C29H34N2OS2/c1-18(2)27(22-13-14-23(33-22)28(32)31-16-15-30)34-24-17-19(3)25(21-11-9-8-10-12-21)20(4)26(24)29(5,6)7/h8-14,17-18,27H,16H2,1-7H3,(H,31,32). The molecule has 0 saturated heterocycles. The molecule has 1 aromatic heterocycles. The maximum absolute atomic E-state index is 12.4. The Hall–Kier alpha value is -2.55. The number of carbonyl (C=O) groups is 1. The minimum Gasteiger partial charge on any atom is -0.338 e. The van der Waals surface area contributed by atoms with Crippen LogP contribution in [0.1, 0.15) is 71.1 Å². The van der Waals surface area contributed by atoms with Gasteiger partial charge in [-0.1, -0.05) is 65.0 Å². The Morgan fingerprint density at radius 3 is 2.38 bits per heavy atom. The van der Waals surface area contributed by atoms with E-state index >= 15 is 0 Å². The van der Waals surface area contributed by atoms with Crippen LogP contribution in [0.25, 0.3) is 11.1 Å². The Bertz CT molecular complexity index is 1200. The van der Waals surface area contributed by atoms with E-state index in [9.17, 15) is 4.79 Å². The SMILES string of the molecule is Cc1cc(SC(c2ccc(C(=O)NCC#N)s2)C(C)C)c(C(C)(C)C)c(C)c1-c1ccccc1. The summed E-state index contributed by atoms with van der Waals surface area (Å²) < 4.78 is 0. The number of thioether (sulfide) groups is 1. The highest BCUT2D eigenvalue weighted by Crippen LogP contribution is 2.49. The average molecular weight is 491 g/mol. The van der Waals surface area contributed by atoms with Gasteiger partial charge in [0, 0.05) is 15.0 Å². The third-order valence-corrected chi connectivity index (χ3v) is 8.81. The Morgan fingerprint density at radius 1 is 1.12 bits per heavy atom. The van der Waals surface area contributed by atoms with Crippen LogP contribution in [0.2, 0.25) is 0 Å². The van der Waals surface area contributed by atoms with E-state index in [1.165, 1.54) is 48.9 Å². The predicted molar refractivity (Wildman–Crippen MR) is 146 cm³/mol. The molecule has 3 rings (SSSR count). The first-order valence-corrected chi connectivity index (χ1v) is 13.4. The van der Waals surface area contributed by atoms with Crippen LogP contribution in [0.3, 0.4) is 0 Å². The molecule has 0 fully saturated rings. The molecule has 1 N–H and O–H groups in total. The number of thiophene rings is 1. The molecule has 1 unspecified atom stereocenters. The first-order chi connectivity index (χ1) is 16.0. The van der Waals surface area contributed by atoms with Gasteiger partial charge in [0.15, 0.2) is 0 Å². The zero-order chi connectivity index (χ0) is 25.0. The molecule has 1 atom stereocenters. The third-order valence-electron chi connectivity index (χ3n) is 5.87. The predicted octanol–water partition coefficient (Wildman–Crippen LogP) is 8.07. The minimum absolute atomic E-state index is 0.0109. The molecule has 0 aliphatic carbocycles. The zero-order valence-electron chi connectivity index (χ0n) is 21.2. The molecule has 3 nitrogen and oxygen atoms in total. The normalized spacial score (nSPS) is 12.4. The number of hydrogen-bond donors (Lipinski definition) is 1. The van der Waals surface area contributed by atoms with Gasteiger partial charge in [0.25, 0.3) is 5.91 Å². The highest BCUT2D eigenvalue weighted by Gasteiger charge is 2.28. The molecule has 0 aliphatic rings. The van der Waals surface area contributed by atoms with E-state index in [1.54, 1.807) is 0 Å². The van der Waals surface area contributed by atoms with Gasteiger partial charge in [-0.25, -0.2) is 0 Å². The van der Waals surface area contributed by atoms with Gasteiger partial charge in [0.2, 0.25) is 0 Å². The molecule has 0 radical (unpaired) electrons. The summed E-state index contributed by atoms with van der Waals surface area (Å²) in [5.41, 5.74) is 6.57. The molecule has 0 bridgehead atoms. The first-order valence-electron chi connectivity index (χ1n) is 11.7. The summed E-state index contributed by atoms with van der Waals surface area (Å²) in [6.45, 7) is 15.8. The van der Waals surface area contributed by atoms with Crippen LogP contribution in [0.15, 0.2) is 53.4 Å². The van der Waals surface area contributed by atoms with Crippen molar-refractivity contribution in [1.82, 2.24) is 5.32 Å². The van der Waals surface area contributed by atoms with Crippen molar-refractivity contribution < 1.29 is 4.79 Å². The molecule has 5 heteroatoms. The van der Waals surface area contributed by atoms with Gasteiger partial charge in [0.05, 0.1) is 10.9 Å². The lowest BCUT2D eigenvalue weighted by molar-refractivity contribution is 0.0962. The molecule has 1 amide bonds. The number of hydrogen-bond acceptors (Lipinski definition) is 4. The van der Waals surface area contributed by atoms with Gasteiger partial charge in [-0.2, -0.15) is 5.26 Å². The van der Waals surface area contributed by atoms with Crippen LogP contribution >= 0.6 is 23.1 Å². The Morgan fingerprint density at radius 2 is 1.79 bits per heavy atom. The van der Waals surface area contributed by atoms with Crippen LogP contribution in [-0.4, -0.2) is 12.5 Å². The van der Waals surface area contributed by atoms with Crippen molar-refractivity contribution in [3.8, 4) is 17.2 Å². The first kappa shape index (κ1) is 26.1. The van der Waals surface area contributed by atoms with E-state index in [0.717, 1.165) is 0 Å². The van der Waals surface area contributed by atoms with Gasteiger partial charge in [-0.05, 0) is 71.2 Å². The Labute approximate surface area is 212 Å². The summed E-state index contributed by atoms with van der Waals surface area (Å²) in [5, 5.41) is 11.6. The lowest BCUT2D eigenvalue weighted by Gasteiger charge is -2.30. The summed E-state index contributed by atoms with van der Waals surface area (Å²) in [4.78, 5) is 15.5. The number of aryl methyl sites for hydroxylation is 1. The molecular formula is C29H34N2OS2. The van der Waals surface area contributed by atoms with Gasteiger partial charge in [-0.15, -0.1) is 23.1 Å². The topological polar surface area (TPSA) is 52.9 Å². The number of rotatable bonds is 7. The van der Waals surface area contributed by atoms with Crippen molar-refractivity contribution in [2.75, 3.05) is 6.54 Å². The quantitative estimate of drug-likeness (QED) is 0.269. The second-order valence-electron chi connectivity index (χ2n) is 10.0. The van der Waals surface area contributed by atoms with E-state index in [1.807, 2.05) is 23.9 Å². The molecule has 34 heavy (non-hydrogen) atoms. The fourth-order valence-electron chi connectivity index (χ4n) is 4.51. The smallest absolute Gasteiger partial charge is 0.262 e. The van der Waals surface area contributed by atoms with Crippen molar-refractivity contribution in [2.24, 2.45) is 5.92 Å². The zero-order valence-corrected chi connectivity index (χ0v) is 22.8. The van der Waals surface area contributed by atoms with Gasteiger partial charge in [-0.3, -0.25) is 4.79 Å². The number of amides is 1. The van der Waals surface area contributed by atoms with Gasteiger partial charge < -0.3 is 5.32 Å². The monoisotopic (exact) mass is 490 g/mol. The molecule has 2 aromatic carbocycles.